The van der Waals surface area contributed by atoms with Crippen LogP contribution in [-0.2, 0) is 6.61 Å². The molecule has 5 heteroatoms. The van der Waals surface area contributed by atoms with Crippen molar-refractivity contribution >= 4 is 43.7 Å². The quantitative estimate of drug-likeness (QED) is 0.400. The van der Waals surface area contributed by atoms with Crippen LogP contribution in [-0.4, -0.2) is 5.78 Å². The highest BCUT2D eigenvalue weighted by Gasteiger charge is 2.27. The summed E-state index contributed by atoms with van der Waals surface area (Å²) in [6, 6.07) is 20.9. The Balaban J connectivity index is 1.50. The van der Waals surface area contributed by atoms with Crippen molar-refractivity contribution in [2.45, 2.75) is 6.61 Å². The zero-order valence-electron chi connectivity index (χ0n) is 14.1. The highest BCUT2D eigenvalue weighted by molar-refractivity contribution is 9.10. The second-order valence-electron chi connectivity index (χ2n) is 6.06. The molecule has 1 heterocycles. The maximum Gasteiger partial charge on any atom is 0.231 e. The first-order chi connectivity index (χ1) is 13.1. The first kappa shape index (κ1) is 18.0. The lowest BCUT2D eigenvalue weighted by Crippen LogP contribution is -1.98. The van der Waals surface area contributed by atoms with Gasteiger partial charge in [-0.2, -0.15) is 0 Å². The number of ether oxygens (including phenoxy) is 2. The first-order valence-corrected chi connectivity index (χ1v) is 9.88. The van der Waals surface area contributed by atoms with E-state index in [0.717, 1.165) is 20.1 Å². The number of Topliss-reactive ketones (excluding diaryl/α,β-unsaturated/α-hetero) is 1. The average molecular weight is 486 g/mol. The van der Waals surface area contributed by atoms with Crippen LogP contribution in [0.4, 0.5) is 0 Å². The Hall–Kier alpha value is -2.37. The zero-order valence-corrected chi connectivity index (χ0v) is 17.3. The SMILES string of the molecule is O=C1/C(=C/c2ccc(Br)cc2)Oc2cc(OCc3ccc(Br)cc3)ccc21. The molecule has 27 heavy (non-hydrogen) atoms. The molecule has 0 bridgehead atoms. The van der Waals surface area contributed by atoms with Crippen LogP contribution in [0.1, 0.15) is 21.5 Å². The minimum absolute atomic E-state index is 0.118. The van der Waals surface area contributed by atoms with E-state index in [2.05, 4.69) is 31.9 Å². The summed E-state index contributed by atoms with van der Waals surface area (Å²) in [4.78, 5) is 12.5. The number of carbonyl (C=O) groups excluding carboxylic acids is 1. The van der Waals surface area contributed by atoms with E-state index < -0.39 is 0 Å². The Kier molecular flexibility index (Phi) is 5.14. The summed E-state index contributed by atoms with van der Waals surface area (Å²) in [7, 11) is 0. The number of allylic oxidation sites excluding steroid dienone is 1. The van der Waals surface area contributed by atoms with Crippen LogP contribution in [0.5, 0.6) is 11.5 Å². The number of rotatable bonds is 4. The van der Waals surface area contributed by atoms with Gasteiger partial charge in [0.25, 0.3) is 0 Å². The van der Waals surface area contributed by atoms with Crippen molar-refractivity contribution in [2.24, 2.45) is 0 Å². The molecule has 0 aliphatic carbocycles. The predicted molar refractivity (Wildman–Crippen MR) is 112 cm³/mol. The standard InChI is InChI=1S/C22H14Br2O3/c23-16-5-1-14(2-6-16)11-21-22(25)19-10-9-18(12-20(19)27-21)26-13-15-3-7-17(24)8-4-15/h1-12H,13H2/b21-11-. The van der Waals surface area contributed by atoms with Crippen LogP contribution in [0.3, 0.4) is 0 Å². The number of halogens is 2. The van der Waals surface area contributed by atoms with Crippen molar-refractivity contribution in [2.75, 3.05) is 0 Å². The monoisotopic (exact) mass is 484 g/mol. The van der Waals surface area contributed by atoms with E-state index in [1.165, 1.54) is 0 Å². The Labute approximate surface area is 173 Å². The van der Waals surface area contributed by atoms with Gasteiger partial charge in [0.2, 0.25) is 5.78 Å². The zero-order chi connectivity index (χ0) is 18.8. The molecule has 3 nitrogen and oxygen atoms in total. The fraction of sp³-hybridized carbons (Fsp3) is 0.0455. The summed E-state index contributed by atoms with van der Waals surface area (Å²) in [5, 5.41) is 0. The van der Waals surface area contributed by atoms with Crippen molar-refractivity contribution in [3.05, 3.63) is 98.1 Å². The van der Waals surface area contributed by atoms with Gasteiger partial charge in [-0.05, 0) is 53.6 Å². The van der Waals surface area contributed by atoms with E-state index in [4.69, 9.17) is 9.47 Å². The van der Waals surface area contributed by atoms with Gasteiger partial charge in [0.1, 0.15) is 18.1 Å². The van der Waals surface area contributed by atoms with Gasteiger partial charge in [-0.3, -0.25) is 4.79 Å². The van der Waals surface area contributed by atoms with E-state index in [1.54, 1.807) is 24.3 Å². The van der Waals surface area contributed by atoms with Crippen LogP contribution in [0.25, 0.3) is 6.08 Å². The molecular weight excluding hydrogens is 472 g/mol. The topological polar surface area (TPSA) is 35.5 Å². The smallest absolute Gasteiger partial charge is 0.231 e. The fourth-order valence-electron chi connectivity index (χ4n) is 2.71. The molecule has 0 fully saturated rings. The van der Waals surface area contributed by atoms with Gasteiger partial charge in [-0.15, -0.1) is 0 Å². The molecule has 4 rings (SSSR count). The summed E-state index contributed by atoms with van der Waals surface area (Å²) in [6.45, 7) is 0.446. The van der Waals surface area contributed by atoms with Crippen LogP contribution in [0, 0.1) is 0 Å². The van der Waals surface area contributed by atoms with E-state index in [1.807, 2.05) is 48.5 Å². The largest absolute Gasteiger partial charge is 0.489 e. The van der Waals surface area contributed by atoms with Crippen molar-refractivity contribution in [1.29, 1.82) is 0 Å². The molecule has 1 aliphatic rings. The second kappa shape index (κ2) is 7.71. The molecule has 0 atom stereocenters. The van der Waals surface area contributed by atoms with Crippen molar-refractivity contribution in [3.8, 4) is 11.5 Å². The van der Waals surface area contributed by atoms with Crippen molar-refractivity contribution < 1.29 is 14.3 Å². The highest BCUT2D eigenvalue weighted by Crippen LogP contribution is 2.35. The maximum absolute atomic E-state index is 12.5. The number of hydrogen-bond donors (Lipinski definition) is 0. The average Bonchev–Trinajstić information content (AvgIpc) is 2.98. The second-order valence-corrected chi connectivity index (χ2v) is 7.90. The molecule has 0 N–H and O–H groups in total. The Morgan fingerprint density at radius 1 is 0.889 bits per heavy atom. The van der Waals surface area contributed by atoms with Gasteiger partial charge in [0, 0.05) is 15.0 Å². The third-order valence-corrected chi connectivity index (χ3v) is 5.19. The normalized spacial score (nSPS) is 14.1. The predicted octanol–water partition coefficient (Wildman–Crippen LogP) is 6.41. The molecule has 134 valence electrons. The first-order valence-electron chi connectivity index (χ1n) is 8.29. The summed E-state index contributed by atoms with van der Waals surface area (Å²) >= 11 is 6.82. The molecular formula is C22H14Br2O3. The van der Waals surface area contributed by atoms with Crippen LogP contribution >= 0.6 is 31.9 Å². The summed E-state index contributed by atoms with van der Waals surface area (Å²) < 4.78 is 13.6. The van der Waals surface area contributed by atoms with E-state index in [-0.39, 0.29) is 5.78 Å². The summed E-state index contributed by atoms with van der Waals surface area (Å²) in [6.07, 6.45) is 1.75. The molecule has 0 unspecified atom stereocenters. The number of carbonyl (C=O) groups is 1. The maximum atomic E-state index is 12.5. The molecule has 0 saturated heterocycles. The van der Waals surface area contributed by atoms with Crippen LogP contribution in [0.2, 0.25) is 0 Å². The van der Waals surface area contributed by atoms with Gasteiger partial charge >= 0.3 is 0 Å². The van der Waals surface area contributed by atoms with E-state index >= 15 is 0 Å². The fourth-order valence-corrected chi connectivity index (χ4v) is 3.24. The number of hydrogen-bond acceptors (Lipinski definition) is 3. The third kappa shape index (κ3) is 4.15. The highest BCUT2D eigenvalue weighted by atomic mass is 79.9. The minimum Gasteiger partial charge on any atom is -0.489 e. The molecule has 0 amide bonds. The van der Waals surface area contributed by atoms with E-state index in [0.29, 0.717) is 29.4 Å². The number of benzene rings is 3. The summed E-state index contributed by atoms with van der Waals surface area (Å²) in [5.41, 5.74) is 2.52. The van der Waals surface area contributed by atoms with Gasteiger partial charge in [0.15, 0.2) is 5.76 Å². The van der Waals surface area contributed by atoms with Crippen LogP contribution < -0.4 is 9.47 Å². The van der Waals surface area contributed by atoms with Gasteiger partial charge in [-0.1, -0.05) is 56.1 Å². The lowest BCUT2D eigenvalue weighted by atomic mass is 10.1. The van der Waals surface area contributed by atoms with Gasteiger partial charge < -0.3 is 9.47 Å². The van der Waals surface area contributed by atoms with E-state index in [9.17, 15) is 4.79 Å². The molecule has 0 aromatic heterocycles. The number of ketones is 1. The lowest BCUT2D eigenvalue weighted by molar-refractivity contribution is 0.101. The Bertz CT molecular complexity index is 1020. The summed E-state index contributed by atoms with van der Waals surface area (Å²) in [5.74, 6) is 1.38. The van der Waals surface area contributed by atoms with Gasteiger partial charge in [0.05, 0.1) is 5.56 Å². The molecule has 1 aliphatic heterocycles. The van der Waals surface area contributed by atoms with Crippen molar-refractivity contribution in [1.82, 2.24) is 0 Å². The van der Waals surface area contributed by atoms with Gasteiger partial charge in [-0.25, -0.2) is 0 Å². The molecule has 0 saturated carbocycles. The third-order valence-electron chi connectivity index (χ3n) is 4.13. The minimum atomic E-state index is -0.118. The Morgan fingerprint density at radius 2 is 1.56 bits per heavy atom. The lowest BCUT2D eigenvalue weighted by Gasteiger charge is -2.07. The van der Waals surface area contributed by atoms with Crippen molar-refractivity contribution in [3.63, 3.8) is 0 Å². The number of fused-ring (bicyclic) bond motifs is 1. The Morgan fingerprint density at radius 3 is 2.26 bits per heavy atom. The molecule has 0 radical (unpaired) electrons. The molecule has 3 aromatic rings. The molecule has 3 aromatic carbocycles. The molecule has 0 spiro atoms. The van der Waals surface area contributed by atoms with Crippen LogP contribution in [0.15, 0.2) is 81.4 Å².